The lowest BCUT2D eigenvalue weighted by Gasteiger charge is -2.36. The van der Waals surface area contributed by atoms with Gasteiger partial charge in [0, 0.05) is 13.1 Å². The molecule has 1 amide bonds. The van der Waals surface area contributed by atoms with Gasteiger partial charge in [0.1, 0.15) is 0 Å². The average Bonchev–Trinajstić information content (AvgIpc) is 2.16. The number of hydrogen-bond acceptors (Lipinski definition) is 2. The van der Waals surface area contributed by atoms with Crippen LogP contribution in [-0.4, -0.2) is 36.5 Å². The average molecular weight is 212 g/mol. The van der Waals surface area contributed by atoms with E-state index in [0.717, 1.165) is 19.0 Å². The predicted octanol–water partition coefficient (Wildman–Crippen LogP) is 1.63. The summed E-state index contributed by atoms with van der Waals surface area (Å²) in [5.74, 6) is 0.973. The molecule has 0 heterocycles. The number of rotatable bonds is 5. The van der Waals surface area contributed by atoms with Gasteiger partial charge >= 0.3 is 0 Å². The van der Waals surface area contributed by atoms with E-state index in [1.54, 1.807) is 0 Å². The van der Waals surface area contributed by atoms with Gasteiger partial charge in [-0.3, -0.25) is 4.79 Å². The van der Waals surface area contributed by atoms with Gasteiger partial charge in [0.2, 0.25) is 5.91 Å². The number of carbonyl (C=O) groups excluding carboxylic acids is 1. The van der Waals surface area contributed by atoms with Gasteiger partial charge < -0.3 is 10.2 Å². The second-order valence-corrected chi connectivity index (χ2v) is 5.02. The van der Waals surface area contributed by atoms with Gasteiger partial charge in [-0.25, -0.2) is 0 Å². The smallest absolute Gasteiger partial charge is 0.242 e. The van der Waals surface area contributed by atoms with E-state index in [1.165, 1.54) is 19.3 Å². The van der Waals surface area contributed by atoms with Crippen LogP contribution in [0.3, 0.4) is 0 Å². The lowest BCUT2D eigenvalue weighted by atomic mass is 9.85. The fraction of sp³-hybridized carbons (Fsp3) is 0.917. The minimum atomic E-state index is -0.431. The minimum Gasteiger partial charge on any atom is -0.341 e. The van der Waals surface area contributed by atoms with Crippen molar-refractivity contribution >= 4 is 5.91 Å². The van der Waals surface area contributed by atoms with Crippen LogP contribution < -0.4 is 5.32 Å². The van der Waals surface area contributed by atoms with E-state index < -0.39 is 5.54 Å². The zero-order valence-electron chi connectivity index (χ0n) is 10.5. The first-order valence-electron chi connectivity index (χ1n) is 5.99. The highest BCUT2D eigenvalue weighted by Gasteiger charge is 2.31. The number of amides is 1. The SMILES string of the molecule is CCN(CC1CCC1)C(=O)C(C)(C)NC. The molecule has 0 saturated heterocycles. The summed E-state index contributed by atoms with van der Waals surface area (Å²) < 4.78 is 0. The van der Waals surface area contributed by atoms with E-state index in [2.05, 4.69) is 12.2 Å². The van der Waals surface area contributed by atoms with Crippen LogP contribution >= 0.6 is 0 Å². The molecule has 15 heavy (non-hydrogen) atoms. The Morgan fingerprint density at radius 2 is 2.07 bits per heavy atom. The molecule has 0 aromatic heterocycles. The maximum absolute atomic E-state index is 12.2. The molecule has 0 bridgehead atoms. The van der Waals surface area contributed by atoms with Crippen LogP contribution in [-0.2, 0) is 4.79 Å². The molecule has 1 aliphatic carbocycles. The van der Waals surface area contributed by atoms with Crippen LogP contribution in [0.4, 0.5) is 0 Å². The normalized spacial score (nSPS) is 17.3. The molecule has 1 fully saturated rings. The van der Waals surface area contributed by atoms with Crippen molar-refractivity contribution in [1.29, 1.82) is 0 Å². The summed E-state index contributed by atoms with van der Waals surface area (Å²) >= 11 is 0. The van der Waals surface area contributed by atoms with E-state index in [-0.39, 0.29) is 5.91 Å². The Bertz CT molecular complexity index is 222. The van der Waals surface area contributed by atoms with Crippen LogP contribution in [0.5, 0.6) is 0 Å². The Hall–Kier alpha value is -0.570. The fourth-order valence-corrected chi connectivity index (χ4v) is 1.84. The highest BCUT2D eigenvalue weighted by molar-refractivity contribution is 5.85. The first-order valence-corrected chi connectivity index (χ1v) is 5.99. The summed E-state index contributed by atoms with van der Waals surface area (Å²) in [5, 5.41) is 3.07. The monoisotopic (exact) mass is 212 g/mol. The molecule has 0 spiro atoms. The van der Waals surface area contributed by atoms with Crippen molar-refractivity contribution in [3.05, 3.63) is 0 Å². The molecule has 0 aromatic carbocycles. The van der Waals surface area contributed by atoms with Gasteiger partial charge in [-0.1, -0.05) is 6.42 Å². The van der Waals surface area contributed by atoms with Gasteiger partial charge in [0.25, 0.3) is 0 Å². The third kappa shape index (κ3) is 2.94. The van der Waals surface area contributed by atoms with Crippen molar-refractivity contribution in [1.82, 2.24) is 10.2 Å². The Morgan fingerprint density at radius 1 is 1.47 bits per heavy atom. The van der Waals surface area contributed by atoms with E-state index in [1.807, 2.05) is 25.8 Å². The van der Waals surface area contributed by atoms with Gasteiger partial charge in [0.05, 0.1) is 5.54 Å². The second-order valence-electron chi connectivity index (χ2n) is 5.02. The maximum Gasteiger partial charge on any atom is 0.242 e. The molecule has 88 valence electrons. The first kappa shape index (κ1) is 12.5. The molecule has 3 heteroatoms. The molecule has 3 nitrogen and oxygen atoms in total. The van der Waals surface area contributed by atoms with E-state index in [9.17, 15) is 4.79 Å². The molecular formula is C12H24N2O. The summed E-state index contributed by atoms with van der Waals surface area (Å²) in [6, 6.07) is 0. The molecule has 0 aliphatic heterocycles. The van der Waals surface area contributed by atoms with Crippen LogP contribution in [0.2, 0.25) is 0 Å². The number of carbonyl (C=O) groups is 1. The summed E-state index contributed by atoms with van der Waals surface area (Å²) in [5.41, 5.74) is -0.431. The highest BCUT2D eigenvalue weighted by atomic mass is 16.2. The fourth-order valence-electron chi connectivity index (χ4n) is 1.84. The zero-order valence-corrected chi connectivity index (χ0v) is 10.5. The summed E-state index contributed by atoms with van der Waals surface area (Å²) in [6.45, 7) is 7.71. The topological polar surface area (TPSA) is 32.3 Å². The molecule has 1 aliphatic rings. The second kappa shape index (κ2) is 4.97. The quantitative estimate of drug-likeness (QED) is 0.751. The van der Waals surface area contributed by atoms with Crippen LogP contribution in [0.25, 0.3) is 0 Å². The van der Waals surface area contributed by atoms with Crippen molar-refractivity contribution in [2.45, 2.75) is 45.6 Å². The third-order valence-electron chi connectivity index (χ3n) is 3.53. The first-order chi connectivity index (χ1) is 7.01. The minimum absolute atomic E-state index is 0.222. The number of nitrogens with zero attached hydrogens (tertiary/aromatic N) is 1. The van der Waals surface area contributed by atoms with Crippen molar-refractivity contribution in [3.8, 4) is 0 Å². The maximum atomic E-state index is 12.2. The van der Waals surface area contributed by atoms with Crippen molar-refractivity contribution in [2.24, 2.45) is 5.92 Å². The van der Waals surface area contributed by atoms with E-state index in [0.29, 0.717) is 0 Å². The summed E-state index contributed by atoms with van der Waals surface area (Å²) in [4.78, 5) is 14.2. The molecule has 1 rings (SSSR count). The lowest BCUT2D eigenvalue weighted by Crippen LogP contribution is -2.54. The van der Waals surface area contributed by atoms with Gasteiger partial charge in [-0.05, 0) is 46.6 Å². The van der Waals surface area contributed by atoms with E-state index >= 15 is 0 Å². The molecule has 0 aromatic rings. The standard InChI is InChI=1S/C12H24N2O/c1-5-14(9-10-7-6-8-10)11(15)12(2,3)13-4/h10,13H,5-9H2,1-4H3. The van der Waals surface area contributed by atoms with Crippen molar-refractivity contribution < 1.29 is 4.79 Å². The van der Waals surface area contributed by atoms with E-state index in [4.69, 9.17) is 0 Å². The van der Waals surface area contributed by atoms with Crippen molar-refractivity contribution in [2.75, 3.05) is 20.1 Å². The Kier molecular flexibility index (Phi) is 4.14. The molecular weight excluding hydrogens is 188 g/mol. The summed E-state index contributed by atoms with van der Waals surface area (Å²) in [7, 11) is 1.84. The molecule has 0 radical (unpaired) electrons. The zero-order chi connectivity index (χ0) is 11.5. The van der Waals surface area contributed by atoms with Crippen LogP contribution in [0.15, 0.2) is 0 Å². The molecule has 0 unspecified atom stereocenters. The van der Waals surface area contributed by atoms with Crippen molar-refractivity contribution in [3.63, 3.8) is 0 Å². The van der Waals surface area contributed by atoms with Crippen LogP contribution in [0, 0.1) is 5.92 Å². The molecule has 1 saturated carbocycles. The Morgan fingerprint density at radius 3 is 2.40 bits per heavy atom. The third-order valence-corrected chi connectivity index (χ3v) is 3.53. The summed E-state index contributed by atoms with van der Waals surface area (Å²) in [6.07, 6.45) is 3.93. The Balaban J connectivity index is 2.52. The lowest BCUT2D eigenvalue weighted by molar-refractivity contribution is -0.137. The van der Waals surface area contributed by atoms with Gasteiger partial charge in [0.15, 0.2) is 0 Å². The highest BCUT2D eigenvalue weighted by Crippen LogP contribution is 2.27. The van der Waals surface area contributed by atoms with Gasteiger partial charge in [-0.15, -0.1) is 0 Å². The molecule has 0 atom stereocenters. The number of nitrogens with one attached hydrogen (secondary N) is 1. The van der Waals surface area contributed by atoms with Crippen LogP contribution in [0.1, 0.15) is 40.0 Å². The largest absolute Gasteiger partial charge is 0.341 e. The predicted molar refractivity (Wildman–Crippen MR) is 62.7 cm³/mol. The molecule has 1 N–H and O–H groups in total. The number of likely N-dealkylation sites (N-methyl/N-ethyl adjacent to an activating group) is 2. The Labute approximate surface area is 93.2 Å². The number of hydrogen-bond donors (Lipinski definition) is 1. The van der Waals surface area contributed by atoms with Gasteiger partial charge in [-0.2, -0.15) is 0 Å².